The van der Waals surface area contributed by atoms with E-state index in [1.165, 1.54) is 0 Å². The summed E-state index contributed by atoms with van der Waals surface area (Å²) in [4.78, 5) is 14.5. The third-order valence-electron chi connectivity index (χ3n) is 3.71. The third kappa shape index (κ3) is 3.47. The Bertz CT molecular complexity index is 451. The summed E-state index contributed by atoms with van der Waals surface area (Å²) >= 11 is 0. The second-order valence-electron chi connectivity index (χ2n) is 5.24. The second kappa shape index (κ2) is 6.06. The van der Waals surface area contributed by atoms with Gasteiger partial charge in [0.05, 0.1) is 7.11 Å². The molecule has 1 aliphatic rings. The molecule has 1 N–H and O–H groups in total. The number of nitrogens with zero attached hydrogens (tertiary/aromatic N) is 1. The van der Waals surface area contributed by atoms with Crippen LogP contribution in [0.15, 0.2) is 18.2 Å². The van der Waals surface area contributed by atoms with E-state index in [0.717, 1.165) is 37.2 Å². The van der Waals surface area contributed by atoms with E-state index in [4.69, 9.17) is 4.74 Å². The number of carbonyl (C=O) groups is 1. The van der Waals surface area contributed by atoms with Crippen LogP contribution in [-0.4, -0.2) is 44.1 Å². The molecule has 1 fully saturated rings. The van der Waals surface area contributed by atoms with Crippen molar-refractivity contribution in [1.82, 2.24) is 10.2 Å². The quantitative estimate of drug-likeness (QED) is 0.903. The van der Waals surface area contributed by atoms with Gasteiger partial charge in [-0.15, -0.1) is 0 Å². The van der Waals surface area contributed by atoms with Gasteiger partial charge in [0.25, 0.3) is 5.91 Å². The SMILES string of the molecule is COc1ccc(C(=O)NC2CCN(C)CC2)cc1C. The maximum absolute atomic E-state index is 12.2. The number of aryl methyl sites for hydroxylation is 1. The molecular formula is C15H22N2O2. The molecule has 1 heterocycles. The molecule has 0 saturated carbocycles. The van der Waals surface area contributed by atoms with Gasteiger partial charge >= 0.3 is 0 Å². The van der Waals surface area contributed by atoms with Crippen LogP contribution in [0.3, 0.4) is 0 Å². The molecule has 0 aromatic heterocycles. The van der Waals surface area contributed by atoms with Gasteiger partial charge in [-0.1, -0.05) is 0 Å². The average molecular weight is 262 g/mol. The third-order valence-corrected chi connectivity index (χ3v) is 3.71. The Morgan fingerprint density at radius 3 is 2.63 bits per heavy atom. The van der Waals surface area contributed by atoms with Crippen LogP contribution in [0.25, 0.3) is 0 Å². The molecule has 1 aromatic rings. The maximum Gasteiger partial charge on any atom is 0.251 e. The Morgan fingerprint density at radius 2 is 2.05 bits per heavy atom. The zero-order chi connectivity index (χ0) is 13.8. The molecule has 1 aromatic carbocycles. The van der Waals surface area contributed by atoms with Gasteiger partial charge in [0, 0.05) is 11.6 Å². The molecular weight excluding hydrogens is 240 g/mol. The molecule has 0 radical (unpaired) electrons. The van der Waals surface area contributed by atoms with E-state index >= 15 is 0 Å². The van der Waals surface area contributed by atoms with Crippen molar-refractivity contribution in [3.05, 3.63) is 29.3 Å². The predicted octanol–water partition coefficient (Wildman–Crippen LogP) is 1.83. The number of nitrogens with one attached hydrogen (secondary N) is 1. The molecule has 0 spiro atoms. The Morgan fingerprint density at radius 1 is 1.37 bits per heavy atom. The first kappa shape index (κ1) is 13.9. The molecule has 0 aliphatic carbocycles. The van der Waals surface area contributed by atoms with Crippen molar-refractivity contribution in [3.8, 4) is 5.75 Å². The molecule has 4 heteroatoms. The van der Waals surface area contributed by atoms with Crippen molar-refractivity contribution in [2.24, 2.45) is 0 Å². The van der Waals surface area contributed by atoms with Crippen molar-refractivity contribution in [1.29, 1.82) is 0 Å². The van der Waals surface area contributed by atoms with Crippen LogP contribution < -0.4 is 10.1 Å². The molecule has 1 saturated heterocycles. The van der Waals surface area contributed by atoms with E-state index in [2.05, 4.69) is 17.3 Å². The summed E-state index contributed by atoms with van der Waals surface area (Å²) in [5.41, 5.74) is 1.69. The van der Waals surface area contributed by atoms with E-state index in [1.807, 2.05) is 25.1 Å². The first-order valence-electron chi connectivity index (χ1n) is 6.74. The Labute approximate surface area is 114 Å². The zero-order valence-electron chi connectivity index (χ0n) is 11.9. The van der Waals surface area contributed by atoms with Crippen molar-refractivity contribution in [3.63, 3.8) is 0 Å². The molecule has 4 nitrogen and oxygen atoms in total. The lowest BCUT2D eigenvalue weighted by atomic mass is 10.0. The van der Waals surface area contributed by atoms with Crippen LogP contribution in [0.5, 0.6) is 5.75 Å². The van der Waals surface area contributed by atoms with E-state index in [0.29, 0.717) is 11.6 Å². The summed E-state index contributed by atoms with van der Waals surface area (Å²) in [6.45, 7) is 4.05. The molecule has 1 amide bonds. The number of hydrogen-bond donors (Lipinski definition) is 1. The highest BCUT2D eigenvalue weighted by Crippen LogP contribution is 2.19. The Hall–Kier alpha value is -1.55. The molecule has 0 bridgehead atoms. The summed E-state index contributed by atoms with van der Waals surface area (Å²) in [6.07, 6.45) is 2.05. The van der Waals surface area contributed by atoms with Crippen LogP contribution >= 0.6 is 0 Å². The van der Waals surface area contributed by atoms with Gasteiger partial charge in [-0.2, -0.15) is 0 Å². The summed E-state index contributed by atoms with van der Waals surface area (Å²) in [5.74, 6) is 0.830. The largest absolute Gasteiger partial charge is 0.496 e. The van der Waals surface area contributed by atoms with E-state index in [9.17, 15) is 4.79 Å². The maximum atomic E-state index is 12.2. The number of methoxy groups -OCH3 is 1. The van der Waals surface area contributed by atoms with Gasteiger partial charge < -0.3 is 15.0 Å². The van der Waals surface area contributed by atoms with Gasteiger partial charge in [-0.25, -0.2) is 0 Å². The van der Waals surface area contributed by atoms with Crippen LogP contribution in [0.1, 0.15) is 28.8 Å². The summed E-state index contributed by atoms with van der Waals surface area (Å²) in [5, 5.41) is 3.11. The normalized spacial score (nSPS) is 17.2. The van der Waals surface area contributed by atoms with Gasteiger partial charge in [0.2, 0.25) is 0 Å². The highest BCUT2D eigenvalue weighted by Gasteiger charge is 2.19. The van der Waals surface area contributed by atoms with E-state index in [-0.39, 0.29) is 5.91 Å². The number of ether oxygens (including phenoxy) is 1. The van der Waals surface area contributed by atoms with E-state index < -0.39 is 0 Å². The van der Waals surface area contributed by atoms with E-state index in [1.54, 1.807) is 7.11 Å². The Kier molecular flexibility index (Phi) is 4.43. The predicted molar refractivity (Wildman–Crippen MR) is 75.7 cm³/mol. The minimum Gasteiger partial charge on any atom is -0.496 e. The number of amides is 1. The molecule has 0 atom stereocenters. The number of likely N-dealkylation sites (tertiary alicyclic amines) is 1. The summed E-state index contributed by atoms with van der Waals surface area (Å²) < 4.78 is 5.20. The lowest BCUT2D eigenvalue weighted by molar-refractivity contribution is 0.0916. The van der Waals surface area contributed by atoms with Crippen molar-refractivity contribution in [2.75, 3.05) is 27.2 Å². The lowest BCUT2D eigenvalue weighted by Gasteiger charge is -2.29. The van der Waals surface area contributed by atoms with Crippen LogP contribution in [-0.2, 0) is 0 Å². The topological polar surface area (TPSA) is 41.6 Å². The van der Waals surface area contributed by atoms with Gasteiger partial charge in [0.15, 0.2) is 0 Å². The Balaban J connectivity index is 1.98. The number of rotatable bonds is 3. The molecule has 0 unspecified atom stereocenters. The summed E-state index contributed by atoms with van der Waals surface area (Å²) in [7, 11) is 3.76. The molecule has 1 aliphatic heterocycles. The van der Waals surface area contributed by atoms with Crippen molar-refractivity contribution in [2.45, 2.75) is 25.8 Å². The standard InChI is InChI=1S/C15H22N2O2/c1-11-10-12(4-5-14(11)19-3)15(18)16-13-6-8-17(2)9-7-13/h4-5,10,13H,6-9H2,1-3H3,(H,16,18). The van der Waals surface area contributed by atoms with Gasteiger partial charge in [0.1, 0.15) is 5.75 Å². The number of piperidine rings is 1. The fraction of sp³-hybridized carbons (Fsp3) is 0.533. The highest BCUT2D eigenvalue weighted by atomic mass is 16.5. The number of carbonyl (C=O) groups excluding carboxylic acids is 1. The first-order valence-corrected chi connectivity index (χ1v) is 6.74. The van der Waals surface area contributed by atoms with Crippen LogP contribution in [0.2, 0.25) is 0 Å². The lowest BCUT2D eigenvalue weighted by Crippen LogP contribution is -2.43. The minimum absolute atomic E-state index is 0.0142. The first-order chi connectivity index (χ1) is 9.10. The van der Waals surface area contributed by atoms with Crippen LogP contribution in [0.4, 0.5) is 0 Å². The highest BCUT2D eigenvalue weighted by molar-refractivity contribution is 5.94. The second-order valence-corrected chi connectivity index (χ2v) is 5.24. The van der Waals surface area contributed by atoms with Gasteiger partial charge in [-0.3, -0.25) is 4.79 Å². The molecule has 104 valence electrons. The molecule has 2 rings (SSSR count). The van der Waals surface area contributed by atoms with Crippen molar-refractivity contribution < 1.29 is 9.53 Å². The number of benzene rings is 1. The monoisotopic (exact) mass is 262 g/mol. The fourth-order valence-electron chi connectivity index (χ4n) is 2.44. The smallest absolute Gasteiger partial charge is 0.251 e. The minimum atomic E-state index is 0.0142. The number of hydrogen-bond acceptors (Lipinski definition) is 3. The zero-order valence-corrected chi connectivity index (χ0v) is 11.9. The average Bonchev–Trinajstić information content (AvgIpc) is 2.41. The van der Waals surface area contributed by atoms with Crippen LogP contribution in [0, 0.1) is 6.92 Å². The van der Waals surface area contributed by atoms with Gasteiger partial charge in [-0.05, 0) is 63.7 Å². The fourth-order valence-corrected chi connectivity index (χ4v) is 2.44. The summed E-state index contributed by atoms with van der Waals surface area (Å²) in [6, 6.07) is 5.84. The molecule has 19 heavy (non-hydrogen) atoms. The van der Waals surface area contributed by atoms with Crippen molar-refractivity contribution >= 4 is 5.91 Å².